The maximum absolute atomic E-state index is 13.6. The van der Waals surface area contributed by atoms with Gasteiger partial charge in [0.2, 0.25) is 23.6 Å². The third-order valence-corrected chi connectivity index (χ3v) is 23.4. The van der Waals surface area contributed by atoms with Gasteiger partial charge in [0.1, 0.15) is 232 Å². The van der Waals surface area contributed by atoms with Crippen molar-refractivity contribution in [3.8, 4) is 0 Å². The summed E-state index contributed by atoms with van der Waals surface area (Å²) in [5, 5.41) is 332. The molecule has 0 spiro atoms. The normalized spacial score (nSPS) is 48.4. The standard InChI is InChI=1S/C71H118N4O53/c1-16-35(91)43(99)46(102)65(110-16)123-56-34(75-20(5)88)64(118-30(15-84)54(56)122-69-50(106)60(40(96)26(11-80)115-69)128-71(70(108)109)6-21(89)31(72-17(2)85)55(127-71)36(92)22(90)7-76)126-59-39(95)25(10-79)113-67(49(59)105)120-52-29(14-83)116-62(32(42(52)98)73-18(3)86)124-57-37(93)23(8-77)112-66(47(57)103)119-51-28(13-82)117-63(33(41(51)97)74-19(4)87)125-58-38(94)24(9-78)114-68(48(58)104)121-53-27(12-81)111-61(107)45(101)44(53)100/h16,21-69,76-84,89-107H,6-15H2,1-5H3,(H,72,85)(H,73,86)(H,74,87)(H,75,88)(H,108,109)/t16-,21-,22+,23+,24+,25+,26+,27+,28+,29+,30+,31+,32+,33+,34+,35+,36+,37-,38-,39-,40-,41+,42+,43+,44+,45+,46-,47+,48+,49+,50+,51+,52+,53+,54+,55+,56+,57-,58-,59-,60-,61+,62-,63-,64-,65-,66-,67-,68-,69-,71-/m0/s1. The predicted molar refractivity (Wildman–Crippen MR) is 392 cm³/mol. The highest BCUT2D eigenvalue weighted by atomic mass is 16.8. The minimum Gasteiger partial charge on any atom is -0.477 e. The van der Waals surface area contributed by atoms with Crippen LogP contribution in [0, 0.1) is 0 Å². The lowest BCUT2D eigenvalue weighted by Gasteiger charge is -2.52. The van der Waals surface area contributed by atoms with Crippen molar-refractivity contribution in [2.45, 2.75) is 353 Å². The SMILES string of the molecule is CC(=O)N[C@H]1[C@H](O[C@H]2[C@@H](O)[C@@H](CO)O[C@@H](O[C@H]3[C@H](O)[C@@H](O)[C@H](O)O[C@@H]3CO)[C@@H]2O)O[C@H](CO)[C@@H](O[C@@H]2O[C@H](CO)[C@H](O)[C@H](O[C@@H]3O[C@H](CO)[C@@H](O[C@@H]4O[C@H](CO)[C@H](O)[C@H](O[C@@H]5O[C@H](CO)[C@@H](O[C@@H]6O[C@H](CO)[C@H](O)[C@H](O[C@]7(C(=O)O)C[C@H](O)[C@@H](NC(C)=O)[C@H]([C@H](O)[C@H](O)CO)O7)[C@H]6O)[C@H](O[C@@H]6O[C@@H](C)[C@@H](O)[C@@H](O)[C@@H]6O)[C@H]5NC(C)=O)[C@H]4O)[C@H](O)[C@H]3NC(C)=O)[C@H]2O)[C@@H]1O. The number of aliphatic hydroxyl groups is 28. The van der Waals surface area contributed by atoms with Gasteiger partial charge in [-0.1, -0.05) is 0 Å². The third-order valence-electron chi connectivity index (χ3n) is 23.4. The number of aliphatic hydroxyl groups excluding tert-OH is 28. The van der Waals surface area contributed by atoms with Crippen LogP contribution in [0.15, 0.2) is 0 Å². The molecule has 0 aliphatic carbocycles. The van der Waals surface area contributed by atoms with Crippen LogP contribution >= 0.6 is 0 Å². The Morgan fingerprint density at radius 2 is 0.625 bits per heavy atom. The summed E-state index contributed by atoms with van der Waals surface area (Å²) in [5.41, 5.74) is 0. The minimum absolute atomic E-state index is 0.875. The average Bonchev–Trinajstić information content (AvgIpc) is 0.751. The van der Waals surface area contributed by atoms with Crippen molar-refractivity contribution >= 4 is 29.6 Å². The molecule has 51 atom stereocenters. The highest BCUT2D eigenvalue weighted by molar-refractivity contribution is 5.77. The fraction of sp³-hybridized carbons (Fsp3) is 0.930. The van der Waals surface area contributed by atoms with E-state index in [0.29, 0.717) is 0 Å². The summed E-state index contributed by atoms with van der Waals surface area (Å²) in [6, 6.07) is -7.86. The molecule has 10 aliphatic heterocycles. The Balaban J connectivity index is 0.888. The number of ether oxygens (including phenoxy) is 19. The molecule has 10 heterocycles. The van der Waals surface area contributed by atoms with Crippen LogP contribution in [-0.2, 0) is 114 Å². The van der Waals surface area contributed by atoms with E-state index in [1.165, 1.54) is 6.92 Å². The molecule has 33 N–H and O–H groups in total. The van der Waals surface area contributed by atoms with Gasteiger partial charge in [-0.15, -0.1) is 0 Å². The zero-order valence-corrected chi connectivity index (χ0v) is 68.7. The molecule has 10 aliphatic rings. The first-order valence-electron chi connectivity index (χ1n) is 40.6. The largest absolute Gasteiger partial charge is 0.477 e. The predicted octanol–water partition coefficient (Wildman–Crippen LogP) is -22.0. The fourth-order valence-corrected chi connectivity index (χ4v) is 16.7. The number of hydrogen-bond donors (Lipinski definition) is 33. The highest BCUT2D eigenvalue weighted by Crippen LogP contribution is 2.43. The lowest BCUT2D eigenvalue weighted by atomic mass is 9.88. The first-order chi connectivity index (χ1) is 60.4. The van der Waals surface area contributed by atoms with Crippen LogP contribution in [0.25, 0.3) is 0 Å². The topological polar surface area (TPSA) is 896 Å². The molecule has 10 rings (SSSR count). The minimum atomic E-state index is -3.35. The van der Waals surface area contributed by atoms with E-state index >= 15 is 0 Å². The Morgan fingerprint density at radius 1 is 0.320 bits per heavy atom. The number of carboxylic acids is 1. The number of carboxylic acid groups (broad SMARTS) is 1. The highest BCUT2D eigenvalue weighted by Gasteiger charge is 2.65. The molecule has 0 saturated carbocycles. The Morgan fingerprint density at radius 3 is 1.00 bits per heavy atom. The maximum atomic E-state index is 13.6. The second kappa shape index (κ2) is 45.4. The van der Waals surface area contributed by atoms with Crippen molar-refractivity contribution in [3.05, 3.63) is 0 Å². The summed E-state index contributed by atoms with van der Waals surface area (Å²) in [6.45, 7) is -5.80. The van der Waals surface area contributed by atoms with Crippen molar-refractivity contribution in [1.29, 1.82) is 0 Å². The van der Waals surface area contributed by atoms with Gasteiger partial charge < -0.3 is 259 Å². The van der Waals surface area contributed by atoms with Crippen LogP contribution in [-0.4, -0.2) is 550 Å². The van der Waals surface area contributed by atoms with Crippen molar-refractivity contribution in [1.82, 2.24) is 21.3 Å². The van der Waals surface area contributed by atoms with Crippen LogP contribution in [0.2, 0.25) is 0 Å². The summed E-state index contributed by atoms with van der Waals surface area (Å²) in [5.74, 6) is -9.44. The monoisotopic (exact) mass is 1870 g/mol. The Bertz CT molecular complexity index is 3530. The molecule has 0 aromatic rings. The van der Waals surface area contributed by atoms with E-state index in [2.05, 4.69) is 21.3 Å². The maximum Gasteiger partial charge on any atom is 0.364 e. The van der Waals surface area contributed by atoms with Crippen LogP contribution in [0.5, 0.6) is 0 Å². The first-order valence-corrected chi connectivity index (χ1v) is 40.6. The van der Waals surface area contributed by atoms with Gasteiger partial charge >= 0.3 is 5.97 Å². The van der Waals surface area contributed by atoms with E-state index in [-0.39, 0.29) is 0 Å². The molecule has 0 aromatic carbocycles. The third kappa shape index (κ3) is 22.7. The van der Waals surface area contributed by atoms with Gasteiger partial charge in [0.25, 0.3) is 5.79 Å². The number of aliphatic carboxylic acids is 1. The van der Waals surface area contributed by atoms with E-state index in [1.54, 1.807) is 0 Å². The molecule has 4 amide bonds. The summed E-state index contributed by atoms with van der Waals surface area (Å²) in [7, 11) is 0. The number of nitrogens with one attached hydrogen (secondary N) is 4. The summed E-state index contributed by atoms with van der Waals surface area (Å²) >= 11 is 0. The average molecular weight is 1880 g/mol. The van der Waals surface area contributed by atoms with Crippen molar-refractivity contribution in [3.63, 3.8) is 0 Å². The van der Waals surface area contributed by atoms with Crippen LogP contribution in [0.4, 0.5) is 0 Å². The molecule has 740 valence electrons. The van der Waals surface area contributed by atoms with Gasteiger partial charge in [-0.3, -0.25) is 19.2 Å². The molecule has 57 nitrogen and oxygen atoms in total. The second-order valence-electron chi connectivity index (χ2n) is 32.3. The van der Waals surface area contributed by atoms with Crippen LogP contribution in [0.1, 0.15) is 41.0 Å². The van der Waals surface area contributed by atoms with Gasteiger partial charge in [0, 0.05) is 34.1 Å². The van der Waals surface area contributed by atoms with Crippen molar-refractivity contribution in [2.24, 2.45) is 0 Å². The molecule has 0 aromatic heterocycles. The van der Waals surface area contributed by atoms with Gasteiger partial charge in [0.05, 0.1) is 77.7 Å². The second-order valence-corrected chi connectivity index (χ2v) is 32.3. The summed E-state index contributed by atoms with van der Waals surface area (Å²) in [6.07, 6.45) is -99.8. The molecule has 0 bridgehead atoms. The van der Waals surface area contributed by atoms with Crippen LogP contribution in [0.3, 0.4) is 0 Å². The van der Waals surface area contributed by atoms with Crippen molar-refractivity contribution < 1.29 is 262 Å². The summed E-state index contributed by atoms with van der Waals surface area (Å²) in [4.78, 5) is 65.3. The lowest BCUT2D eigenvalue weighted by Crippen LogP contribution is -2.72. The number of carbonyl (C=O) groups is 5. The quantitative estimate of drug-likeness (QED) is 0.0284. The number of carbonyl (C=O) groups excluding carboxylic acids is 4. The zero-order chi connectivity index (χ0) is 94.6. The molecular weight excluding hydrogens is 1760 g/mol. The molecule has 10 fully saturated rings. The van der Waals surface area contributed by atoms with Crippen LogP contribution < -0.4 is 21.3 Å². The Hall–Kier alpha value is -4.53. The summed E-state index contributed by atoms with van der Waals surface area (Å²) < 4.78 is 112. The Labute approximate surface area is 723 Å². The van der Waals surface area contributed by atoms with Gasteiger partial charge in [0.15, 0.2) is 56.6 Å². The molecule has 128 heavy (non-hydrogen) atoms. The lowest BCUT2D eigenvalue weighted by molar-refractivity contribution is -0.400. The van der Waals surface area contributed by atoms with Gasteiger partial charge in [-0.05, 0) is 6.92 Å². The van der Waals surface area contributed by atoms with E-state index in [1.807, 2.05) is 0 Å². The van der Waals surface area contributed by atoms with E-state index in [9.17, 15) is 172 Å². The molecular formula is C71H118N4O53. The molecule has 0 unspecified atom stereocenters. The van der Waals surface area contributed by atoms with E-state index in [4.69, 9.17) is 90.0 Å². The first kappa shape index (κ1) is 106. The smallest absolute Gasteiger partial charge is 0.364 e. The number of amides is 4. The number of rotatable bonds is 34. The Kier molecular flexibility index (Phi) is 37.4. The van der Waals surface area contributed by atoms with E-state index < -0.39 is 408 Å². The van der Waals surface area contributed by atoms with Gasteiger partial charge in [-0.25, -0.2) is 4.79 Å². The van der Waals surface area contributed by atoms with Gasteiger partial charge in [-0.2, -0.15) is 0 Å². The zero-order valence-electron chi connectivity index (χ0n) is 68.7. The molecule has 0 radical (unpaired) electrons. The van der Waals surface area contributed by atoms with Crippen molar-refractivity contribution in [2.75, 3.05) is 59.5 Å². The molecule has 10 saturated heterocycles. The fourth-order valence-electron chi connectivity index (χ4n) is 16.7. The molecule has 57 heteroatoms. The number of hydrogen-bond acceptors (Lipinski definition) is 52. The van der Waals surface area contributed by atoms with E-state index in [0.717, 1.165) is 27.7 Å².